The summed E-state index contributed by atoms with van der Waals surface area (Å²) in [4.78, 5) is 20.1. The van der Waals surface area contributed by atoms with Gasteiger partial charge < -0.3 is 9.84 Å². The fourth-order valence-corrected chi connectivity index (χ4v) is 0.368. The molecule has 0 bridgehead atoms. The SMILES string of the molecule is C=CCCC(=O)OC(=O)O. The van der Waals surface area contributed by atoms with Crippen LogP contribution in [-0.4, -0.2) is 17.2 Å². The number of carbonyl (C=O) groups is 2. The molecule has 4 heteroatoms. The highest BCUT2D eigenvalue weighted by Crippen LogP contribution is 1.92. The first-order valence-electron chi connectivity index (χ1n) is 2.71. The maximum Gasteiger partial charge on any atom is 0.513 e. The molecule has 0 saturated carbocycles. The van der Waals surface area contributed by atoms with E-state index < -0.39 is 12.1 Å². The van der Waals surface area contributed by atoms with Crippen LogP contribution < -0.4 is 0 Å². The van der Waals surface area contributed by atoms with E-state index in [4.69, 9.17) is 5.11 Å². The van der Waals surface area contributed by atoms with Gasteiger partial charge in [0.2, 0.25) is 0 Å². The van der Waals surface area contributed by atoms with Crippen molar-refractivity contribution >= 4 is 12.1 Å². The van der Waals surface area contributed by atoms with Gasteiger partial charge in [0.1, 0.15) is 0 Å². The molecule has 4 nitrogen and oxygen atoms in total. The van der Waals surface area contributed by atoms with Crippen molar-refractivity contribution in [1.82, 2.24) is 0 Å². The summed E-state index contributed by atoms with van der Waals surface area (Å²) in [6, 6.07) is 0. The summed E-state index contributed by atoms with van der Waals surface area (Å²) >= 11 is 0. The molecule has 0 aliphatic heterocycles. The zero-order valence-electron chi connectivity index (χ0n) is 5.37. The molecule has 0 saturated heterocycles. The lowest BCUT2D eigenvalue weighted by molar-refractivity contribution is -0.138. The molecule has 0 atom stereocenters. The van der Waals surface area contributed by atoms with E-state index in [9.17, 15) is 9.59 Å². The van der Waals surface area contributed by atoms with Gasteiger partial charge in [0.25, 0.3) is 0 Å². The highest BCUT2D eigenvalue weighted by atomic mass is 16.7. The van der Waals surface area contributed by atoms with E-state index in [1.807, 2.05) is 0 Å². The second kappa shape index (κ2) is 4.55. The number of hydrogen-bond acceptors (Lipinski definition) is 3. The zero-order chi connectivity index (χ0) is 7.98. The molecule has 0 aliphatic rings. The maximum atomic E-state index is 10.4. The molecule has 0 rings (SSSR count). The largest absolute Gasteiger partial charge is 0.513 e. The Morgan fingerprint density at radius 2 is 2.20 bits per heavy atom. The summed E-state index contributed by atoms with van der Waals surface area (Å²) in [7, 11) is 0. The Labute approximate surface area is 58.1 Å². The summed E-state index contributed by atoms with van der Waals surface area (Å²) in [5.74, 6) is -0.743. The minimum Gasteiger partial charge on any atom is -0.449 e. The molecule has 0 fully saturated rings. The normalized spacial score (nSPS) is 8.40. The van der Waals surface area contributed by atoms with Crippen molar-refractivity contribution in [3.63, 3.8) is 0 Å². The first-order valence-corrected chi connectivity index (χ1v) is 2.71. The lowest BCUT2D eigenvalue weighted by Crippen LogP contribution is -2.08. The van der Waals surface area contributed by atoms with Crippen LogP contribution in [0.15, 0.2) is 12.7 Å². The van der Waals surface area contributed by atoms with Crippen molar-refractivity contribution in [2.75, 3.05) is 0 Å². The Morgan fingerprint density at radius 1 is 1.60 bits per heavy atom. The highest BCUT2D eigenvalue weighted by molar-refractivity contribution is 5.80. The Bertz CT molecular complexity index is 150. The molecular weight excluding hydrogens is 136 g/mol. The van der Waals surface area contributed by atoms with Gasteiger partial charge in [-0.2, -0.15) is 0 Å². The Kier molecular flexibility index (Phi) is 3.95. The van der Waals surface area contributed by atoms with E-state index in [2.05, 4.69) is 11.3 Å². The monoisotopic (exact) mass is 144 g/mol. The molecule has 0 heterocycles. The number of allylic oxidation sites excluding steroid dienone is 1. The Hall–Kier alpha value is -1.32. The smallest absolute Gasteiger partial charge is 0.449 e. The molecule has 0 spiro atoms. The third-order valence-corrected chi connectivity index (χ3v) is 0.754. The van der Waals surface area contributed by atoms with Crippen LogP contribution in [0.25, 0.3) is 0 Å². The number of rotatable bonds is 3. The van der Waals surface area contributed by atoms with Crippen LogP contribution in [0.5, 0.6) is 0 Å². The maximum absolute atomic E-state index is 10.4. The van der Waals surface area contributed by atoms with E-state index in [0.717, 1.165) is 0 Å². The van der Waals surface area contributed by atoms with E-state index >= 15 is 0 Å². The van der Waals surface area contributed by atoms with E-state index in [1.165, 1.54) is 6.08 Å². The summed E-state index contributed by atoms with van der Waals surface area (Å²) in [6.45, 7) is 3.36. The summed E-state index contributed by atoms with van der Waals surface area (Å²) in [6.07, 6.45) is 0.458. The van der Waals surface area contributed by atoms with Gasteiger partial charge in [0.15, 0.2) is 0 Å². The molecule has 0 unspecified atom stereocenters. The standard InChI is InChI=1S/C6H8O4/c1-2-3-4-5(7)10-6(8)9/h2H,1,3-4H2,(H,8,9). The fourth-order valence-electron chi connectivity index (χ4n) is 0.368. The van der Waals surface area contributed by atoms with E-state index in [1.54, 1.807) is 0 Å². The van der Waals surface area contributed by atoms with Crippen LogP contribution >= 0.6 is 0 Å². The fraction of sp³-hybridized carbons (Fsp3) is 0.333. The quantitative estimate of drug-likeness (QED) is 0.367. The second-order valence-corrected chi connectivity index (χ2v) is 1.57. The predicted octanol–water partition coefficient (Wildman–Crippen LogP) is 1.17. The van der Waals surface area contributed by atoms with Gasteiger partial charge >= 0.3 is 12.1 Å². The van der Waals surface area contributed by atoms with Crippen molar-refractivity contribution in [3.05, 3.63) is 12.7 Å². The van der Waals surface area contributed by atoms with Crippen molar-refractivity contribution in [3.8, 4) is 0 Å². The Balaban J connectivity index is 3.43. The Morgan fingerprint density at radius 3 is 2.60 bits per heavy atom. The second-order valence-electron chi connectivity index (χ2n) is 1.57. The van der Waals surface area contributed by atoms with Crippen LogP contribution in [0.4, 0.5) is 4.79 Å². The van der Waals surface area contributed by atoms with Gasteiger partial charge in [0.05, 0.1) is 0 Å². The van der Waals surface area contributed by atoms with Crippen LogP contribution in [0.3, 0.4) is 0 Å². The topological polar surface area (TPSA) is 63.6 Å². The summed E-state index contributed by atoms with van der Waals surface area (Å²) < 4.78 is 3.78. The van der Waals surface area contributed by atoms with Crippen molar-refractivity contribution in [2.24, 2.45) is 0 Å². The average Bonchev–Trinajstić information content (AvgIpc) is 1.82. The first-order chi connectivity index (χ1) is 4.66. The molecule has 0 amide bonds. The zero-order valence-corrected chi connectivity index (χ0v) is 5.37. The average molecular weight is 144 g/mol. The van der Waals surface area contributed by atoms with Gasteiger partial charge in [-0.15, -0.1) is 6.58 Å². The van der Waals surface area contributed by atoms with Crippen LogP contribution in [0, 0.1) is 0 Å². The first kappa shape index (κ1) is 8.68. The summed E-state index contributed by atoms with van der Waals surface area (Å²) in [5, 5.41) is 7.91. The lowest BCUT2D eigenvalue weighted by atomic mass is 10.3. The highest BCUT2D eigenvalue weighted by Gasteiger charge is 2.05. The van der Waals surface area contributed by atoms with Gasteiger partial charge in [-0.25, -0.2) is 4.79 Å². The third kappa shape index (κ3) is 4.83. The number of carbonyl (C=O) groups excluding carboxylic acids is 1. The molecule has 0 aromatic rings. The van der Waals surface area contributed by atoms with Crippen molar-refractivity contribution in [2.45, 2.75) is 12.8 Å². The predicted molar refractivity (Wildman–Crippen MR) is 33.5 cm³/mol. The van der Waals surface area contributed by atoms with Crippen LogP contribution in [0.1, 0.15) is 12.8 Å². The minimum absolute atomic E-state index is 0.0653. The molecular formula is C6H8O4. The molecule has 1 N–H and O–H groups in total. The minimum atomic E-state index is -1.56. The van der Waals surface area contributed by atoms with E-state index in [-0.39, 0.29) is 6.42 Å². The molecule has 0 radical (unpaired) electrons. The molecule has 0 aromatic heterocycles. The van der Waals surface area contributed by atoms with Crippen LogP contribution in [0.2, 0.25) is 0 Å². The third-order valence-electron chi connectivity index (χ3n) is 0.754. The van der Waals surface area contributed by atoms with E-state index in [0.29, 0.717) is 6.42 Å². The molecule has 0 aromatic carbocycles. The number of hydrogen-bond donors (Lipinski definition) is 1. The molecule has 10 heavy (non-hydrogen) atoms. The van der Waals surface area contributed by atoms with Gasteiger partial charge in [-0.3, -0.25) is 4.79 Å². The lowest BCUT2D eigenvalue weighted by Gasteiger charge is -1.93. The van der Waals surface area contributed by atoms with Gasteiger partial charge in [-0.1, -0.05) is 6.08 Å². The van der Waals surface area contributed by atoms with Crippen LogP contribution in [-0.2, 0) is 9.53 Å². The summed E-state index contributed by atoms with van der Waals surface area (Å²) in [5.41, 5.74) is 0. The van der Waals surface area contributed by atoms with Crippen molar-refractivity contribution in [1.29, 1.82) is 0 Å². The molecule has 56 valence electrons. The van der Waals surface area contributed by atoms with Gasteiger partial charge in [0, 0.05) is 6.42 Å². The molecule has 0 aliphatic carbocycles. The van der Waals surface area contributed by atoms with Crippen molar-refractivity contribution < 1.29 is 19.4 Å². The number of ether oxygens (including phenoxy) is 1. The number of carboxylic acid groups (broad SMARTS) is 1. The number of esters is 1. The van der Waals surface area contributed by atoms with Gasteiger partial charge in [-0.05, 0) is 6.42 Å².